The van der Waals surface area contributed by atoms with Gasteiger partial charge in [-0.2, -0.15) is 0 Å². The van der Waals surface area contributed by atoms with Gasteiger partial charge in [0.05, 0.1) is 27.4 Å². The zero-order chi connectivity index (χ0) is 15.2. The van der Waals surface area contributed by atoms with E-state index in [0.717, 1.165) is 16.9 Å². The molecule has 0 aliphatic heterocycles. The van der Waals surface area contributed by atoms with Crippen LogP contribution in [0.4, 0.5) is 0 Å². The van der Waals surface area contributed by atoms with Crippen LogP contribution in [-0.4, -0.2) is 21.3 Å². The van der Waals surface area contributed by atoms with Gasteiger partial charge >= 0.3 is 0 Å². The third-order valence-corrected chi connectivity index (χ3v) is 3.33. The molecular formula is C16H20N2O3. The molecule has 0 aromatic heterocycles. The average Bonchev–Trinajstić information content (AvgIpc) is 2.55. The molecule has 0 saturated carbocycles. The molecular weight excluding hydrogens is 268 g/mol. The predicted octanol–water partition coefficient (Wildman–Crippen LogP) is 2.27. The van der Waals surface area contributed by atoms with Gasteiger partial charge in [0, 0.05) is 0 Å². The molecule has 1 unspecified atom stereocenters. The van der Waals surface area contributed by atoms with Crippen LogP contribution in [0.2, 0.25) is 0 Å². The maximum Gasteiger partial charge on any atom is 0.161 e. The average molecular weight is 288 g/mol. The number of methoxy groups -OCH3 is 3. The molecule has 2 rings (SSSR count). The molecule has 0 fully saturated rings. The van der Waals surface area contributed by atoms with Crippen molar-refractivity contribution < 1.29 is 14.2 Å². The topological polar surface area (TPSA) is 65.7 Å². The van der Waals surface area contributed by atoms with Gasteiger partial charge < -0.3 is 14.2 Å². The van der Waals surface area contributed by atoms with Crippen LogP contribution in [0.3, 0.4) is 0 Å². The SMILES string of the molecule is COc1cccc(C(NN)c2ccc(OC)c(OC)c2)c1. The van der Waals surface area contributed by atoms with E-state index < -0.39 is 0 Å². The molecule has 0 heterocycles. The van der Waals surface area contributed by atoms with Crippen LogP contribution in [-0.2, 0) is 0 Å². The molecule has 21 heavy (non-hydrogen) atoms. The molecule has 5 nitrogen and oxygen atoms in total. The lowest BCUT2D eigenvalue weighted by molar-refractivity contribution is 0.354. The van der Waals surface area contributed by atoms with Crippen molar-refractivity contribution in [3.05, 3.63) is 53.6 Å². The van der Waals surface area contributed by atoms with Gasteiger partial charge in [-0.05, 0) is 35.4 Å². The van der Waals surface area contributed by atoms with Crippen LogP contribution in [0, 0.1) is 0 Å². The number of rotatable bonds is 6. The van der Waals surface area contributed by atoms with E-state index in [1.54, 1.807) is 21.3 Å². The molecule has 0 aliphatic carbocycles. The van der Waals surface area contributed by atoms with Gasteiger partial charge in [-0.15, -0.1) is 0 Å². The molecule has 112 valence electrons. The van der Waals surface area contributed by atoms with Gasteiger partial charge in [0.1, 0.15) is 5.75 Å². The Morgan fingerprint density at radius 3 is 2.19 bits per heavy atom. The van der Waals surface area contributed by atoms with Gasteiger partial charge in [0.15, 0.2) is 11.5 Å². The highest BCUT2D eigenvalue weighted by Gasteiger charge is 2.15. The van der Waals surface area contributed by atoms with Crippen LogP contribution in [0.5, 0.6) is 17.2 Å². The minimum Gasteiger partial charge on any atom is -0.497 e. The van der Waals surface area contributed by atoms with Crippen molar-refractivity contribution in [3.63, 3.8) is 0 Å². The molecule has 0 amide bonds. The summed E-state index contributed by atoms with van der Waals surface area (Å²) < 4.78 is 15.8. The fourth-order valence-corrected chi connectivity index (χ4v) is 2.24. The standard InChI is InChI=1S/C16H20N2O3/c1-19-13-6-4-5-11(9-13)16(18-17)12-7-8-14(20-2)15(10-12)21-3/h4-10,16,18H,17H2,1-3H3. The van der Waals surface area contributed by atoms with Crippen molar-refractivity contribution in [2.45, 2.75) is 6.04 Å². The van der Waals surface area contributed by atoms with Gasteiger partial charge in [-0.25, -0.2) is 5.43 Å². The van der Waals surface area contributed by atoms with E-state index >= 15 is 0 Å². The summed E-state index contributed by atoms with van der Waals surface area (Å²) in [6, 6.07) is 13.3. The zero-order valence-electron chi connectivity index (χ0n) is 12.4. The maximum absolute atomic E-state index is 5.73. The van der Waals surface area contributed by atoms with E-state index in [1.165, 1.54) is 0 Å². The first-order valence-electron chi connectivity index (χ1n) is 6.55. The molecule has 0 bridgehead atoms. The lowest BCUT2D eigenvalue weighted by Gasteiger charge is -2.19. The number of ether oxygens (including phenoxy) is 3. The van der Waals surface area contributed by atoms with Crippen molar-refractivity contribution >= 4 is 0 Å². The Bertz CT molecular complexity index is 602. The Morgan fingerprint density at radius 2 is 1.57 bits per heavy atom. The number of benzene rings is 2. The second-order valence-corrected chi connectivity index (χ2v) is 4.49. The highest BCUT2D eigenvalue weighted by Crippen LogP contribution is 2.32. The van der Waals surface area contributed by atoms with E-state index in [9.17, 15) is 0 Å². The van der Waals surface area contributed by atoms with E-state index in [1.807, 2.05) is 42.5 Å². The van der Waals surface area contributed by atoms with E-state index in [-0.39, 0.29) is 6.04 Å². The van der Waals surface area contributed by atoms with Crippen LogP contribution >= 0.6 is 0 Å². The number of hydrogen-bond donors (Lipinski definition) is 2. The second-order valence-electron chi connectivity index (χ2n) is 4.49. The van der Waals surface area contributed by atoms with Crippen molar-refractivity contribution in [2.75, 3.05) is 21.3 Å². The van der Waals surface area contributed by atoms with Crippen molar-refractivity contribution in [3.8, 4) is 17.2 Å². The van der Waals surface area contributed by atoms with Gasteiger partial charge in [-0.1, -0.05) is 18.2 Å². The van der Waals surface area contributed by atoms with Crippen LogP contribution in [0.25, 0.3) is 0 Å². The lowest BCUT2D eigenvalue weighted by atomic mass is 9.98. The van der Waals surface area contributed by atoms with Gasteiger partial charge in [-0.3, -0.25) is 5.84 Å². The first-order valence-corrected chi connectivity index (χ1v) is 6.55. The molecule has 2 aromatic carbocycles. The minimum atomic E-state index is -0.167. The van der Waals surface area contributed by atoms with E-state index in [0.29, 0.717) is 11.5 Å². The summed E-state index contributed by atoms with van der Waals surface area (Å²) in [4.78, 5) is 0. The van der Waals surface area contributed by atoms with Crippen molar-refractivity contribution in [1.82, 2.24) is 5.43 Å². The highest BCUT2D eigenvalue weighted by atomic mass is 16.5. The zero-order valence-corrected chi connectivity index (χ0v) is 12.4. The first-order chi connectivity index (χ1) is 10.2. The Kier molecular flexibility index (Phi) is 5.03. The molecule has 1 atom stereocenters. The quantitative estimate of drug-likeness (QED) is 0.630. The molecule has 0 aliphatic rings. The molecule has 0 radical (unpaired) electrons. The summed E-state index contributed by atoms with van der Waals surface area (Å²) in [5.74, 6) is 7.86. The van der Waals surface area contributed by atoms with Crippen molar-refractivity contribution in [1.29, 1.82) is 0 Å². The fourth-order valence-electron chi connectivity index (χ4n) is 2.24. The largest absolute Gasteiger partial charge is 0.497 e. The van der Waals surface area contributed by atoms with Gasteiger partial charge in [0.2, 0.25) is 0 Å². The Labute approximate surface area is 124 Å². The number of nitrogens with one attached hydrogen (secondary N) is 1. The van der Waals surface area contributed by atoms with E-state index in [2.05, 4.69) is 5.43 Å². The molecule has 0 saturated heterocycles. The maximum atomic E-state index is 5.73. The van der Waals surface area contributed by atoms with Gasteiger partial charge in [0.25, 0.3) is 0 Å². The number of hydrogen-bond acceptors (Lipinski definition) is 5. The normalized spacial score (nSPS) is 11.8. The van der Waals surface area contributed by atoms with Crippen LogP contribution in [0.1, 0.15) is 17.2 Å². The third kappa shape index (κ3) is 3.26. The van der Waals surface area contributed by atoms with E-state index in [4.69, 9.17) is 20.1 Å². The summed E-state index contributed by atoms with van der Waals surface area (Å²) in [5, 5.41) is 0. The van der Waals surface area contributed by atoms with Crippen LogP contribution in [0.15, 0.2) is 42.5 Å². The van der Waals surface area contributed by atoms with Crippen molar-refractivity contribution in [2.24, 2.45) is 5.84 Å². The molecule has 3 N–H and O–H groups in total. The molecule has 2 aromatic rings. The molecule has 0 spiro atoms. The predicted molar refractivity (Wildman–Crippen MR) is 81.7 cm³/mol. The summed E-state index contributed by atoms with van der Waals surface area (Å²) >= 11 is 0. The second kappa shape index (κ2) is 6.97. The number of nitrogens with two attached hydrogens (primary N) is 1. The first kappa shape index (κ1) is 15.2. The lowest BCUT2D eigenvalue weighted by Crippen LogP contribution is -2.28. The summed E-state index contributed by atoms with van der Waals surface area (Å²) in [5.41, 5.74) is 4.80. The fraction of sp³-hybridized carbons (Fsp3) is 0.250. The number of hydrazine groups is 1. The monoisotopic (exact) mass is 288 g/mol. The summed E-state index contributed by atoms with van der Waals surface area (Å²) in [6.45, 7) is 0. The highest BCUT2D eigenvalue weighted by molar-refractivity contribution is 5.46. The van der Waals surface area contributed by atoms with Crippen LogP contribution < -0.4 is 25.5 Å². The Morgan fingerprint density at radius 1 is 0.857 bits per heavy atom. The Balaban J connectivity index is 2.40. The molecule has 5 heteroatoms. The summed E-state index contributed by atoms with van der Waals surface area (Å²) in [6.07, 6.45) is 0. The smallest absolute Gasteiger partial charge is 0.161 e. The third-order valence-electron chi connectivity index (χ3n) is 3.33. The Hall–Kier alpha value is -2.24. The summed E-state index contributed by atoms with van der Waals surface area (Å²) in [7, 11) is 4.86. The minimum absolute atomic E-state index is 0.167.